The van der Waals surface area contributed by atoms with Crippen molar-refractivity contribution in [3.05, 3.63) is 29.8 Å². The van der Waals surface area contributed by atoms with Crippen LogP contribution in [-0.2, 0) is 19.7 Å². The number of imide groups is 1. The average molecular weight is 364 g/mol. The highest BCUT2D eigenvalue weighted by molar-refractivity contribution is 5.93. The summed E-state index contributed by atoms with van der Waals surface area (Å²) in [5.41, 5.74) is 1.96. The summed E-state index contributed by atoms with van der Waals surface area (Å²) >= 11 is 0. The summed E-state index contributed by atoms with van der Waals surface area (Å²) in [6.07, 6.45) is -0.767. The zero-order valence-electron chi connectivity index (χ0n) is 16.3. The number of ether oxygens (including phenoxy) is 1. The van der Waals surface area contributed by atoms with Gasteiger partial charge < -0.3 is 15.0 Å². The molecule has 0 aliphatic heterocycles. The van der Waals surface area contributed by atoms with Crippen LogP contribution in [0.4, 0.5) is 10.5 Å². The minimum Gasteiger partial charge on any atom is -0.450 e. The molecule has 0 heterocycles. The molecule has 0 saturated heterocycles. The lowest BCUT2D eigenvalue weighted by atomic mass is 9.87. The first-order valence-corrected chi connectivity index (χ1v) is 8.86. The monoisotopic (exact) mass is 364 g/mol. The number of likely N-dealkylation sites (N-methyl/N-ethyl adjacent to an activating group) is 1. The SMILES string of the molecule is CCOC(=O)NC(=O)C[NH+](CC)CC(=O)Nc1ccc(C(C)(C)C)cc1. The van der Waals surface area contributed by atoms with E-state index in [-0.39, 0.29) is 31.0 Å². The van der Waals surface area contributed by atoms with E-state index in [4.69, 9.17) is 0 Å². The number of hydrogen-bond acceptors (Lipinski definition) is 4. The molecule has 1 aromatic rings. The molecular weight excluding hydrogens is 334 g/mol. The van der Waals surface area contributed by atoms with Crippen molar-refractivity contribution < 1.29 is 24.0 Å². The number of hydrogen-bond donors (Lipinski definition) is 3. The molecule has 3 amide bonds. The van der Waals surface area contributed by atoms with Gasteiger partial charge in [-0.15, -0.1) is 0 Å². The number of alkyl carbamates (subject to hydrolysis) is 1. The van der Waals surface area contributed by atoms with E-state index in [0.29, 0.717) is 6.54 Å². The smallest absolute Gasteiger partial charge is 0.414 e. The molecule has 1 atom stereocenters. The van der Waals surface area contributed by atoms with Crippen molar-refractivity contribution in [3.8, 4) is 0 Å². The van der Waals surface area contributed by atoms with Gasteiger partial charge in [0.25, 0.3) is 11.8 Å². The third-order valence-corrected chi connectivity index (χ3v) is 3.87. The van der Waals surface area contributed by atoms with Crippen molar-refractivity contribution in [1.29, 1.82) is 0 Å². The maximum absolute atomic E-state index is 12.2. The molecule has 0 spiro atoms. The van der Waals surface area contributed by atoms with Crippen LogP contribution in [-0.4, -0.2) is 44.1 Å². The summed E-state index contributed by atoms with van der Waals surface area (Å²) in [5.74, 6) is -0.656. The first kappa shape index (κ1) is 21.6. The van der Waals surface area contributed by atoms with Crippen molar-refractivity contribution in [2.75, 3.05) is 31.6 Å². The molecule has 0 aromatic heterocycles. The van der Waals surface area contributed by atoms with Gasteiger partial charge in [0, 0.05) is 5.69 Å². The molecule has 1 aromatic carbocycles. The first-order chi connectivity index (χ1) is 12.2. The lowest BCUT2D eigenvalue weighted by Crippen LogP contribution is -3.14. The molecule has 26 heavy (non-hydrogen) atoms. The van der Waals surface area contributed by atoms with E-state index in [0.717, 1.165) is 10.6 Å². The Labute approximate surface area is 155 Å². The molecule has 1 unspecified atom stereocenters. The van der Waals surface area contributed by atoms with Crippen LogP contribution in [0.2, 0.25) is 0 Å². The summed E-state index contributed by atoms with van der Waals surface area (Å²) in [4.78, 5) is 36.0. The summed E-state index contributed by atoms with van der Waals surface area (Å²) in [6, 6.07) is 7.73. The highest BCUT2D eigenvalue weighted by Gasteiger charge is 2.19. The second kappa shape index (κ2) is 9.91. The lowest BCUT2D eigenvalue weighted by Gasteiger charge is -2.19. The highest BCUT2D eigenvalue weighted by Crippen LogP contribution is 2.23. The zero-order valence-corrected chi connectivity index (χ0v) is 16.3. The number of nitrogens with one attached hydrogen (secondary N) is 3. The number of rotatable bonds is 7. The van der Waals surface area contributed by atoms with E-state index in [1.807, 2.05) is 31.2 Å². The van der Waals surface area contributed by atoms with Gasteiger partial charge in [-0.25, -0.2) is 4.79 Å². The van der Waals surface area contributed by atoms with Gasteiger partial charge in [-0.1, -0.05) is 32.9 Å². The fourth-order valence-electron chi connectivity index (χ4n) is 2.35. The van der Waals surface area contributed by atoms with Crippen LogP contribution in [0.3, 0.4) is 0 Å². The van der Waals surface area contributed by atoms with Crippen LogP contribution in [0.1, 0.15) is 40.2 Å². The van der Waals surface area contributed by atoms with Gasteiger partial charge in [-0.3, -0.25) is 14.9 Å². The van der Waals surface area contributed by atoms with Crippen molar-refractivity contribution in [1.82, 2.24) is 5.32 Å². The summed E-state index contributed by atoms with van der Waals surface area (Å²) < 4.78 is 4.66. The molecule has 0 aliphatic rings. The van der Waals surface area contributed by atoms with Crippen LogP contribution in [0.5, 0.6) is 0 Å². The molecule has 0 radical (unpaired) electrons. The third kappa shape index (κ3) is 7.65. The summed E-state index contributed by atoms with van der Waals surface area (Å²) in [6.45, 7) is 10.8. The molecule has 7 heteroatoms. The Hall–Kier alpha value is -2.41. The maximum atomic E-state index is 12.2. The number of anilines is 1. The predicted molar refractivity (Wildman–Crippen MR) is 100 cm³/mol. The lowest BCUT2D eigenvalue weighted by molar-refractivity contribution is -0.881. The van der Waals surface area contributed by atoms with E-state index in [2.05, 4.69) is 36.1 Å². The van der Waals surface area contributed by atoms with Gasteiger partial charge in [0.15, 0.2) is 13.1 Å². The largest absolute Gasteiger partial charge is 0.450 e. The Morgan fingerprint density at radius 2 is 1.58 bits per heavy atom. The fourth-order valence-corrected chi connectivity index (χ4v) is 2.35. The van der Waals surface area contributed by atoms with Gasteiger partial charge in [0.05, 0.1) is 13.2 Å². The van der Waals surface area contributed by atoms with Crippen molar-refractivity contribution >= 4 is 23.6 Å². The van der Waals surface area contributed by atoms with E-state index < -0.39 is 12.0 Å². The Morgan fingerprint density at radius 1 is 1.00 bits per heavy atom. The molecule has 0 aliphatic carbocycles. The minimum atomic E-state index is -0.767. The van der Waals surface area contributed by atoms with Gasteiger partial charge in [0.2, 0.25) is 0 Å². The van der Waals surface area contributed by atoms with Gasteiger partial charge in [-0.2, -0.15) is 0 Å². The standard InChI is InChI=1S/C19H29N3O4/c1-6-22(13-17(24)21-18(25)26-7-2)12-16(23)20-15-10-8-14(9-11-15)19(3,4)5/h8-11H,6-7,12-13H2,1-5H3,(H,20,23)(H,21,24,25)/p+1. The Kier molecular flexibility index (Phi) is 8.25. The Balaban J connectivity index is 2.53. The topological polar surface area (TPSA) is 88.9 Å². The molecule has 0 bridgehead atoms. The summed E-state index contributed by atoms with van der Waals surface area (Å²) in [5, 5.41) is 4.97. The number of benzene rings is 1. The van der Waals surface area contributed by atoms with Crippen LogP contribution in [0.25, 0.3) is 0 Å². The number of carbonyl (C=O) groups is 3. The quantitative estimate of drug-likeness (QED) is 0.676. The number of amides is 3. The van der Waals surface area contributed by atoms with Crippen LogP contribution in [0.15, 0.2) is 24.3 Å². The molecular formula is C19H30N3O4+. The fraction of sp³-hybridized carbons (Fsp3) is 0.526. The average Bonchev–Trinajstić information content (AvgIpc) is 2.53. The van der Waals surface area contributed by atoms with Crippen molar-refractivity contribution in [2.45, 2.75) is 40.0 Å². The van der Waals surface area contributed by atoms with Crippen LogP contribution < -0.4 is 15.5 Å². The highest BCUT2D eigenvalue weighted by atomic mass is 16.5. The van der Waals surface area contributed by atoms with Gasteiger partial charge >= 0.3 is 6.09 Å². The maximum Gasteiger partial charge on any atom is 0.414 e. The second-order valence-corrected chi connectivity index (χ2v) is 7.10. The van der Waals surface area contributed by atoms with E-state index in [1.165, 1.54) is 5.56 Å². The van der Waals surface area contributed by atoms with E-state index in [1.54, 1.807) is 6.92 Å². The van der Waals surface area contributed by atoms with Gasteiger partial charge in [0.1, 0.15) is 0 Å². The van der Waals surface area contributed by atoms with Crippen molar-refractivity contribution in [2.24, 2.45) is 0 Å². The molecule has 0 saturated carbocycles. The van der Waals surface area contributed by atoms with E-state index >= 15 is 0 Å². The normalized spacial score (nSPS) is 12.2. The number of quaternary nitrogens is 1. The Morgan fingerprint density at radius 3 is 2.08 bits per heavy atom. The molecule has 7 nitrogen and oxygen atoms in total. The number of carbonyl (C=O) groups excluding carboxylic acids is 3. The second-order valence-electron chi connectivity index (χ2n) is 7.10. The van der Waals surface area contributed by atoms with Gasteiger partial charge in [-0.05, 0) is 37.0 Å². The van der Waals surface area contributed by atoms with Crippen molar-refractivity contribution in [3.63, 3.8) is 0 Å². The third-order valence-electron chi connectivity index (χ3n) is 3.87. The van der Waals surface area contributed by atoms with Crippen LogP contribution >= 0.6 is 0 Å². The molecule has 3 N–H and O–H groups in total. The molecule has 0 fully saturated rings. The Bertz CT molecular complexity index is 621. The molecule has 144 valence electrons. The summed E-state index contributed by atoms with van der Waals surface area (Å²) in [7, 11) is 0. The van der Waals surface area contributed by atoms with Crippen LogP contribution in [0, 0.1) is 0 Å². The zero-order chi connectivity index (χ0) is 19.7. The molecule has 1 rings (SSSR count). The predicted octanol–water partition coefficient (Wildman–Crippen LogP) is 1.10. The first-order valence-electron chi connectivity index (χ1n) is 8.86. The minimum absolute atomic E-state index is 0.0195. The van der Waals surface area contributed by atoms with E-state index in [9.17, 15) is 14.4 Å².